The molecular formula is C16H24ClN. The fourth-order valence-corrected chi connectivity index (χ4v) is 3.22. The fraction of sp³-hybridized carbons (Fsp3) is 0.500. The lowest BCUT2D eigenvalue weighted by Crippen LogP contribution is -2.38. The topological polar surface area (TPSA) is 3.24 Å². The maximum absolute atomic E-state index is 3.94. The third-order valence-electron chi connectivity index (χ3n) is 3.84. The smallest absolute Gasteiger partial charge is 0.00382 e. The summed E-state index contributed by atoms with van der Waals surface area (Å²) in [6, 6.07) is 8.90. The Bertz CT molecular complexity index is 400. The monoisotopic (exact) mass is 265 g/mol. The molecule has 100 valence electrons. The van der Waals surface area contributed by atoms with Gasteiger partial charge in [0.15, 0.2) is 0 Å². The van der Waals surface area contributed by atoms with Crippen LogP contribution < -0.4 is 0 Å². The average molecular weight is 266 g/mol. The lowest BCUT2D eigenvalue weighted by Gasteiger charge is -2.39. The summed E-state index contributed by atoms with van der Waals surface area (Å²) in [6.07, 6.45) is 6.93. The summed E-state index contributed by atoms with van der Waals surface area (Å²) in [5.41, 5.74) is 3.49. The highest BCUT2D eigenvalue weighted by Crippen LogP contribution is 2.39. The molecule has 1 aromatic carbocycles. The molecule has 0 aliphatic heterocycles. The molecule has 2 heteroatoms. The van der Waals surface area contributed by atoms with E-state index in [-0.39, 0.29) is 12.4 Å². The maximum Gasteiger partial charge on any atom is 0.00382 e. The molecule has 0 aromatic heterocycles. The number of hydrogen-bond donors (Lipinski definition) is 0. The van der Waals surface area contributed by atoms with Crippen LogP contribution in [0.1, 0.15) is 24.0 Å². The van der Waals surface area contributed by atoms with Crippen LogP contribution in [0.5, 0.6) is 0 Å². The zero-order valence-corrected chi connectivity index (χ0v) is 12.3. The van der Waals surface area contributed by atoms with E-state index in [1.807, 2.05) is 0 Å². The van der Waals surface area contributed by atoms with Crippen molar-refractivity contribution < 1.29 is 0 Å². The number of hydrogen-bond acceptors (Lipinski definition) is 1. The molecule has 1 aromatic rings. The highest BCUT2D eigenvalue weighted by Gasteiger charge is 2.33. The molecule has 1 aliphatic carbocycles. The van der Waals surface area contributed by atoms with Crippen molar-refractivity contribution in [1.29, 1.82) is 0 Å². The van der Waals surface area contributed by atoms with Crippen molar-refractivity contribution in [3.63, 3.8) is 0 Å². The van der Waals surface area contributed by atoms with Crippen LogP contribution in [0.3, 0.4) is 0 Å². The number of halogens is 1. The largest absolute Gasteiger partial charge is 0.309 e. The van der Waals surface area contributed by atoms with Crippen molar-refractivity contribution in [2.45, 2.75) is 25.7 Å². The number of fused-ring (bicyclic) bond motifs is 1. The Balaban J connectivity index is 0.00000162. The minimum atomic E-state index is 0. The van der Waals surface area contributed by atoms with E-state index in [9.17, 15) is 0 Å². The quantitative estimate of drug-likeness (QED) is 0.750. The highest BCUT2D eigenvalue weighted by molar-refractivity contribution is 5.85. The summed E-state index contributed by atoms with van der Waals surface area (Å²) >= 11 is 0. The van der Waals surface area contributed by atoms with Crippen LogP contribution in [0, 0.1) is 5.41 Å². The molecule has 0 heterocycles. The summed E-state index contributed by atoms with van der Waals surface area (Å²) in [6.45, 7) is 5.10. The van der Waals surface area contributed by atoms with Crippen LogP contribution in [0.15, 0.2) is 36.9 Å². The molecule has 1 atom stereocenters. The van der Waals surface area contributed by atoms with Gasteiger partial charge in [-0.3, -0.25) is 0 Å². The molecule has 0 N–H and O–H groups in total. The molecule has 0 saturated carbocycles. The average Bonchev–Trinajstić information content (AvgIpc) is 2.28. The predicted octanol–water partition coefficient (Wildman–Crippen LogP) is 3.72. The Hall–Kier alpha value is -0.790. The maximum atomic E-state index is 3.94. The molecule has 0 amide bonds. The van der Waals surface area contributed by atoms with Gasteiger partial charge in [-0.05, 0) is 56.3 Å². The third-order valence-corrected chi connectivity index (χ3v) is 3.84. The normalized spacial score (nSPS) is 22.2. The van der Waals surface area contributed by atoms with Crippen molar-refractivity contribution in [3.8, 4) is 0 Å². The van der Waals surface area contributed by atoms with E-state index in [4.69, 9.17) is 0 Å². The Kier molecular flexibility index (Phi) is 5.43. The third kappa shape index (κ3) is 3.37. The van der Waals surface area contributed by atoms with Crippen LogP contribution in [0.4, 0.5) is 0 Å². The van der Waals surface area contributed by atoms with E-state index < -0.39 is 0 Å². The van der Waals surface area contributed by atoms with Crippen molar-refractivity contribution in [1.82, 2.24) is 4.90 Å². The number of nitrogens with zero attached hydrogens (tertiary/aromatic N) is 1. The van der Waals surface area contributed by atoms with Gasteiger partial charge in [-0.25, -0.2) is 0 Å². The molecule has 2 rings (SSSR count). The summed E-state index contributed by atoms with van der Waals surface area (Å²) in [5.74, 6) is 0. The fourth-order valence-electron chi connectivity index (χ4n) is 3.22. The second kappa shape index (κ2) is 6.40. The van der Waals surface area contributed by atoms with E-state index in [2.05, 4.69) is 55.9 Å². The Labute approximate surface area is 117 Å². The van der Waals surface area contributed by atoms with Crippen molar-refractivity contribution in [2.24, 2.45) is 5.41 Å². The highest BCUT2D eigenvalue weighted by atomic mass is 35.5. The Morgan fingerprint density at radius 2 is 1.94 bits per heavy atom. The first kappa shape index (κ1) is 15.3. The Morgan fingerprint density at radius 3 is 2.56 bits per heavy atom. The standard InChI is InChI=1S/C16H23N.ClH/c1-4-10-16(13-17(2)3)11-9-14-7-5-6-8-15(14)12-16;/h4-8H,1,9-13H2,2-3H3;1H. The molecule has 1 aliphatic rings. The van der Waals surface area contributed by atoms with E-state index >= 15 is 0 Å². The van der Waals surface area contributed by atoms with E-state index in [0.29, 0.717) is 5.41 Å². The Morgan fingerprint density at radius 1 is 1.28 bits per heavy atom. The predicted molar refractivity (Wildman–Crippen MR) is 81.5 cm³/mol. The van der Waals surface area contributed by atoms with Crippen LogP contribution in [-0.4, -0.2) is 25.5 Å². The van der Waals surface area contributed by atoms with Gasteiger partial charge in [0.05, 0.1) is 0 Å². The van der Waals surface area contributed by atoms with E-state index in [1.165, 1.54) is 19.3 Å². The van der Waals surface area contributed by atoms with Gasteiger partial charge in [0.2, 0.25) is 0 Å². The SMILES string of the molecule is C=CCC1(CN(C)C)CCc2ccccc2C1.Cl. The lowest BCUT2D eigenvalue weighted by molar-refractivity contribution is 0.172. The number of rotatable bonds is 4. The molecule has 0 fully saturated rings. The summed E-state index contributed by atoms with van der Waals surface area (Å²) < 4.78 is 0. The number of aryl methyl sites for hydroxylation is 1. The first-order valence-corrected chi connectivity index (χ1v) is 6.48. The summed E-state index contributed by atoms with van der Waals surface area (Å²) in [7, 11) is 4.34. The van der Waals surface area contributed by atoms with E-state index in [0.717, 1.165) is 13.0 Å². The second-order valence-corrected chi connectivity index (χ2v) is 5.68. The van der Waals surface area contributed by atoms with Gasteiger partial charge in [0, 0.05) is 6.54 Å². The van der Waals surface area contributed by atoms with Gasteiger partial charge >= 0.3 is 0 Å². The van der Waals surface area contributed by atoms with Crippen LogP contribution in [0.25, 0.3) is 0 Å². The molecule has 0 radical (unpaired) electrons. The summed E-state index contributed by atoms with van der Waals surface area (Å²) in [5, 5.41) is 0. The zero-order chi connectivity index (χ0) is 12.3. The van der Waals surface area contributed by atoms with Crippen molar-refractivity contribution >= 4 is 12.4 Å². The van der Waals surface area contributed by atoms with Crippen LogP contribution >= 0.6 is 12.4 Å². The van der Waals surface area contributed by atoms with E-state index in [1.54, 1.807) is 11.1 Å². The van der Waals surface area contributed by atoms with Crippen molar-refractivity contribution in [2.75, 3.05) is 20.6 Å². The molecule has 18 heavy (non-hydrogen) atoms. The van der Waals surface area contributed by atoms with Gasteiger partial charge in [0.1, 0.15) is 0 Å². The molecule has 1 unspecified atom stereocenters. The van der Waals surface area contributed by atoms with Crippen LogP contribution in [-0.2, 0) is 12.8 Å². The number of allylic oxidation sites excluding steroid dienone is 1. The first-order valence-electron chi connectivity index (χ1n) is 6.48. The molecule has 0 bridgehead atoms. The minimum Gasteiger partial charge on any atom is -0.309 e. The van der Waals surface area contributed by atoms with Crippen molar-refractivity contribution in [3.05, 3.63) is 48.0 Å². The van der Waals surface area contributed by atoms with Gasteiger partial charge in [0.25, 0.3) is 0 Å². The van der Waals surface area contributed by atoms with Gasteiger partial charge in [-0.15, -0.1) is 19.0 Å². The zero-order valence-electron chi connectivity index (χ0n) is 11.5. The lowest BCUT2D eigenvalue weighted by atomic mass is 9.69. The molecule has 0 spiro atoms. The number of benzene rings is 1. The molecule has 1 nitrogen and oxygen atoms in total. The molecular weight excluding hydrogens is 242 g/mol. The summed E-state index contributed by atoms with van der Waals surface area (Å²) in [4.78, 5) is 2.32. The second-order valence-electron chi connectivity index (χ2n) is 5.68. The van der Waals surface area contributed by atoms with Gasteiger partial charge in [-0.1, -0.05) is 30.3 Å². The molecule has 0 saturated heterocycles. The minimum absolute atomic E-state index is 0. The first-order chi connectivity index (χ1) is 8.15. The van der Waals surface area contributed by atoms with Gasteiger partial charge in [-0.2, -0.15) is 0 Å². The van der Waals surface area contributed by atoms with Crippen LogP contribution in [0.2, 0.25) is 0 Å². The van der Waals surface area contributed by atoms with Gasteiger partial charge < -0.3 is 4.90 Å².